The monoisotopic (exact) mass is 441 g/mol. The van der Waals surface area contributed by atoms with E-state index in [1.54, 1.807) is 30.3 Å². The molecule has 0 atom stereocenters. The van der Waals surface area contributed by atoms with Crippen LogP contribution in [0.3, 0.4) is 0 Å². The zero-order valence-electron chi connectivity index (χ0n) is 17.9. The van der Waals surface area contributed by atoms with Crippen molar-refractivity contribution in [2.24, 2.45) is 0 Å². The molecule has 1 aliphatic heterocycles. The highest BCUT2D eigenvalue weighted by molar-refractivity contribution is 5.98. The Hall–Kier alpha value is -2.80. The van der Waals surface area contributed by atoms with Gasteiger partial charge in [0.2, 0.25) is 0 Å². The third-order valence-electron chi connectivity index (χ3n) is 6.77. The van der Waals surface area contributed by atoms with E-state index in [0.29, 0.717) is 11.8 Å². The first kappa shape index (κ1) is 21.1. The lowest BCUT2D eigenvalue weighted by atomic mass is 9.97. The van der Waals surface area contributed by atoms with Crippen LogP contribution in [0.4, 0.5) is 18.9 Å². The van der Waals surface area contributed by atoms with Crippen LogP contribution in [0.5, 0.6) is 0 Å². The molecular formula is C25H26F3N3O. The highest BCUT2D eigenvalue weighted by atomic mass is 19.4. The van der Waals surface area contributed by atoms with Crippen LogP contribution in [0, 0.1) is 0 Å². The molecule has 1 aromatic heterocycles. The zero-order chi connectivity index (χ0) is 22.3. The fraction of sp³-hybridized carbons (Fsp3) is 0.400. The molecule has 2 aliphatic rings. The smallest absolute Gasteiger partial charge is 0.368 e. The van der Waals surface area contributed by atoms with Gasteiger partial charge in [-0.25, -0.2) is 0 Å². The molecule has 0 spiro atoms. The minimum atomic E-state index is -4.36. The molecule has 0 N–H and O–H groups in total. The molecule has 1 aliphatic carbocycles. The quantitative estimate of drug-likeness (QED) is 0.570. The zero-order valence-corrected chi connectivity index (χ0v) is 17.9. The second-order valence-electron chi connectivity index (χ2n) is 8.65. The van der Waals surface area contributed by atoms with Crippen LogP contribution in [-0.2, 0) is 19.1 Å². The normalized spacial score (nSPS) is 17.7. The maximum atomic E-state index is 13.4. The van der Waals surface area contributed by atoms with Crippen LogP contribution >= 0.6 is 0 Å². The first-order chi connectivity index (χ1) is 15.4. The first-order valence-corrected chi connectivity index (χ1v) is 11.2. The number of alkyl halides is 3. The summed E-state index contributed by atoms with van der Waals surface area (Å²) in [5, 5.41) is 0.909. The van der Waals surface area contributed by atoms with Crippen molar-refractivity contribution >= 4 is 22.2 Å². The summed E-state index contributed by atoms with van der Waals surface area (Å²) in [6, 6.07) is 11.6. The van der Waals surface area contributed by atoms with Crippen molar-refractivity contribution in [2.75, 3.05) is 37.6 Å². The average Bonchev–Trinajstić information content (AvgIpc) is 3.21. The van der Waals surface area contributed by atoms with E-state index < -0.39 is 11.7 Å². The van der Waals surface area contributed by atoms with Crippen LogP contribution in [0.2, 0.25) is 0 Å². The number of halogens is 3. The lowest BCUT2D eigenvalue weighted by Crippen LogP contribution is -2.47. The summed E-state index contributed by atoms with van der Waals surface area (Å²) in [7, 11) is 0. The number of fused-ring (bicyclic) bond motifs is 2. The number of Topliss-reactive ketones (excluding diaryl/α,β-unsaturated/α-hetero) is 1. The van der Waals surface area contributed by atoms with Crippen molar-refractivity contribution in [1.82, 2.24) is 9.47 Å². The summed E-state index contributed by atoms with van der Waals surface area (Å²) in [6.07, 6.45) is 0.202. The molecule has 2 heterocycles. The number of benzene rings is 2. The van der Waals surface area contributed by atoms with Gasteiger partial charge in [0, 0.05) is 74.2 Å². The topological polar surface area (TPSA) is 28.5 Å². The average molecular weight is 441 g/mol. The highest BCUT2D eigenvalue weighted by Gasteiger charge is 2.33. The Morgan fingerprint density at radius 1 is 0.844 bits per heavy atom. The Bertz CT molecular complexity index is 1140. The molecule has 0 unspecified atom stereocenters. The van der Waals surface area contributed by atoms with Gasteiger partial charge in [-0.1, -0.05) is 24.3 Å². The molecule has 1 fully saturated rings. The van der Waals surface area contributed by atoms with E-state index in [1.807, 2.05) is 12.3 Å². The molecule has 168 valence electrons. The van der Waals surface area contributed by atoms with Gasteiger partial charge in [0.15, 0.2) is 5.78 Å². The van der Waals surface area contributed by atoms with Gasteiger partial charge in [0.05, 0.1) is 5.56 Å². The van der Waals surface area contributed by atoms with E-state index in [-0.39, 0.29) is 11.2 Å². The van der Waals surface area contributed by atoms with Crippen LogP contribution < -0.4 is 4.90 Å². The van der Waals surface area contributed by atoms with E-state index in [2.05, 4.69) is 14.4 Å². The Morgan fingerprint density at radius 2 is 1.59 bits per heavy atom. The SMILES string of the molecule is O=C1CCCc2c1ccn2CCN1CCN(c2ccc(C(F)(F)F)c3ccccc23)CC1. The number of carbonyl (C=O) groups is 1. The van der Waals surface area contributed by atoms with Gasteiger partial charge < -0.3 is 9.47 Å². The van der Waals surface area contributed by atoms with Crippen molar-refractivity contribution in [1.29, 1.82) is 0 Å². The van der Waals surface area contributed by atoms with Crippen molar-refractivity contribution in [3.05, 3.63) is 65.5 Å². The van der Waals surface area contributed by atoms with Crippen LogP contribution in [0.25, 0.3) is 10.8 Å². The van der Waals surface area contributed by atoms with E-state index >= 15 is 0 Å². The fourth-order valence-corrected chi connectivity index (χ4v) is 5.07. The standard InChI is InChI=1S/C25H26F3N3O/c26-25(27,28)21-8-9-23(19-5-2-1-4-18(19)21)31-16-13-29(14-17-31)12-15-30-11-10-20-22(30)6-3-7-24(20)32/h1-2,4-5,8-11H,3,6-7,12-17H2. The lowest BCUT2D eigenvalue weighted by Gasteiger charge is -2.37. The number of ketones is 1. The molecule has 1 saturated heterocycles. The predicted molar refractivity (Wildman–Crippen MR) is 119 cm³/mol. The first-order valence-electron chi connectivity index (χ1n) is 11.2. The van der Waals surface area contributed by atoms with Crippen LogP contribution in [-0.4, -0.2) is 48.0 Å². The number of anilines is 1. The largest absolute Gasteiger partial charge is 0.417 e. The second-order valence-corrected chi connectivity index (χ2v) is 8.65. The predicted octanol–water partition coefficient (Wildman–Crippen LogP) is 5.00. The molecule has 0 saturated carbocycles. The Balaban J connectivity index is 1.26. The summed E-state index contributed by atoms with van der Waals surface area (Å²) >= 11 is 0. The third kappa shape index (κ3) is 3.90. The summed E-state index contributed by atoms with van der Waals surface area (Å²) in [6.45, 7) is 5.02. The molecule has 4 nitrogen and oxygen atoms in total. The minimum absolute atomic E-state index is 0.252. The summed E-state index contributed by atoms with van der Waals surface area (Å²) in [5.41, 5.74) is 2.33. The van der Waals surface area contributed by atoms with E-state index in [9.17, 15) is 18.0 Å². The van der Waals surface area contributed by atoms with Crippen molar-refractivity contribution in [2.45, 2.75) is 32.0 Å². The van der Waals surface area contributed by atoms with E-state index in [0.717, 1.165) is 69.1 Å². The second kappa shape index (κ2) is 8.28. The van der Waals surface area contributed by atoms with Gasteiger partial charge in [-0.3, -0.25) is 9.69 Å². The number of rotatable bonds is 4. The number of piperazine rings is 1. The number of hydrogen-bond acceptors (Lipinski definition) is 3. The molecule has 0 bridgehead atoms. The Labute approximate surface area is 185 Å². The number of carbonyl (C=O) groups excluding carboxylic acids is 1. The van der Waals surface area contributed by atoms with Crippen LogP contribution in [0.15, 0.2) is 48.7 Å². The highest BCUT2D eigenvalue weighted by Crippen LogP contribution is 2.38. The van der Waals surface area contributed by atoms with Crippen LogP contribution in [0.1, 0.15) is 34.5 Å². The molecule has 7 heteroatoms. The Morgan fingerprint density at radius 3 is 2.34 bits per heavy atom. The van der Waals surface area contributed by atoms with Crippen molar-refractivity contribution < 1.29 is 18.0 Å². The molecular weight excluding hydrogens is 415 g/mol. The van der Waals surface area contributed by atoms with Gasteiger partial charge in [-0.2, -0.15) is 13.2 Å². The van der Waals surface area contributed by atoms with Gasteiger partial charge >= 0.3 is 6.18 Å². The fourth-order valence-electron chi connectivity index (χ4n) is 5.07. The lowest BCUT2D eigenvalue weighted by molar-refractivity contribution is -0.136. The van der Waals surface area contributed by atoms with Crippen molar-refractivity contribution in [3.63, 3.8) is 0 Å². The molecule has 32 heavy (non-hydrogen) atoms. The minimum Gasteiger partial charge on any atom is -0.368 e. The number of hydrogen-bond donors (Lipinski definition) is 0. The van der Waals surface area contributed by atoms with Gasteiger partial charge in [0.1, 0.15) is 0 Å². The van der Waals surface area contributed by atoms with E-state index in [4.69, 9.17) is 0 Å². The summed E-state index contributed by atoms with van der Waals surface area (Å²) in [4.78, 5) is 16.6. The maximum absolute atomic E-state index is 13.4. The van der Waals surface area contributed by atoms with E-state index in [1.165, 1.54) is 6.07 Å². The Kier molecular flexibility index (Phi) is 5.45. The van der Waals surface area contributed by atoms with Crippen molar-refractivity contribution in [3.8, 4) is 0 Å². The number of nitrogens with zero attached hydrogens (tertiary/aromatic N) is 3. The van der Waals surface area contributed by atoms with Gasteiger partial charge in [-0.15, -0.1) is 0 Å². The molecule has 5 rings (SSSR count). The maximum Gasteiger partial charge on any atom is 0.417 e. The number of aromatic nitrogens is 1. The van der Waals surface area contributed by atoms with Gasteiger partial charge in [-0.05, 0) is 36.4 Å². The van der Waals surface area contributed by atoms with Gasteiger partial charge in [0.25, 0.3) is 0 Å². The molecule has 0 amide bonds. The third-order valence-corrected chi connectivity index (χ3v) is 6.77. The molecule has 2 aromatic carbocycles. The molecule has 0 radical (unpaired) electrons. The molecule has 3 aromatic rings. The summed E-state index contributed by atoms with van der Waals surface area (Å²) < 4.78 is 42.5. The summed E-state index contributed by atoms with van der Waals surface area (Å²) in [5.74, 6) is 0.252.